The lowest BCUT2D eigenvalue weighted by Gasteiger charge is -2.13. The van der Waals surface area contributed by atoms with E-state index in [1.807, 2.05) is 0 Å². The Bertz CT molecular complexity index is 894. The maximum atomic E-state index is 14.7. The Morgan fingerprint density at radius 3 is 2.58 bits per heavy atom. The van der Waals surface area contributed by atoms with Crippen LogP contribution in [0.3, 0.4) is 0 Å². The number of carboxylic acids is 1. The number of hydrogen-bond donors (Lipinski definition) is 1. The number of aromatic carboxylic acids is 1. The van der Waals surface area contributed by atoms with Gasteiger partial charge < -0.3 is 14.4 Å². The molecule has 0 unspecified atom stereocenters. The fraction of sp³-hybridized carbons (Fsp3) is 0.267. The van der Waals surface area contributed by atoms with Gasteiger partial charge in [0, 0.05) is 12.7 Å². The molecule has 9 heteroatoms. The lowest BCUT2D eigenvalue weighted by molar-refractivity contribution is -0.137. The molecular formula is C15H13F2NO5S. The van der Waals surface area contributed by atoms with Crippen molar-refractivity contribution in [2.24, 2.45) is 0 Å². The van der Waals surface area contributed by atoms with Crippen LogP contribution in [0.5, 0.6) is 0 Å². The van der Waals surface area contributed by atoms with Crippen LogP contribution >= 0.6 is 11.8 Å². The predicted octanol–water partition coefficient (Wildman–Crippen LogP) is 2.26. The van der Waals surface area contributed by atoms with Crippen LogP contribution in [-0.2, 0) is 16.1 Å². The number of carbonyl (C=O) groups is 2. The van der Waals surface area contributed by atoms with E-state index in [4.69, 9.17) is 5.11 Å². The zero-order valence-electron chi connectivity index (χ0n) is 12.8. The molecule has 1 heterocycles. The monoisotopic (exact) mass is 357 g/mol. The molecule has 0 aliphatic carbocycles. The molecule has 0 radical (unpaired) electrons. The van der Waals surface area contributed by atoms with Crippen molar-refractivity contribution in [3.05, 3.63) is 39.7 Å². The molecule has 0 bridgehead atoms. The number of fused-ring (bicyclic) bond motifs is 1. The van der Waals surface area contributed by atoms with Gasteiger partial charge in [0.25, 0.3) is 0 Å². The average Bonchev–Trinajstić information content (AvgIpc) is 2.54. The summed E-state index contributed by atoms with van der Waals surface area (Å²) in [7, 11) is 1.15. The minimum absolute atomic E-state index is 0.167. The summed E-state index contributed by atoms with van der Waals surface area (Å²) in [5.41, 5.74) is -1.75. The van der Waals surface area contributed by atoms with E-state index in [1.54, 1.807) is 6.92 Å². The fourth-order valence-electron chi connectivity index (χ4n) is 2.19. The minimum atomic E-state index is -1.48. The molecule has 6 nitrogen and oxygen atoms in total. The molecule has 0 aliphatic rings. The summed E-state index contributed by atoms with van der Waals surface area (Å²) in [4.78, 5) is 34.0. The van der Waals surface area contributed by atoms with Gasteiger partial charge in [0.05, 0.1) is 28.7 Å². The zero-order chi connectivity index (χ0) is 18.0. The highest BCUT2D eigenvalue weighted by Crippen LogP contribution is 2.30. The van der Waals surface area contributed by atoms with E-state index in [9.17, 15) is 23.2 Å². The van der Waals surface area contributed by atoms with Gasteiger partial charge in [0.15, 0.2) is 5.82 Å². The number of nitrogens with zero attached hydrogens (tertiary/aromatic N) is 1. The number of aryl methyl sites for hydroxylation is 1. The number of carbonyl (C=O) groups excluding carboxylic acids is 1. The largest absolute Gasteiger partial charge is 0.477 e. The molecule has 1 aromatic heterocycles. The van der Waals surface area contributed by atoms with Crippen LogP contribution in [-0.4, -0.2) is 34.5 Å². The van der Waals surface area contributed by atoms with Gasteiger partial charge in [-0.05, 0) is 13.0 Å². The Hall–Kier alpha value is -2.42. The molecule has 0 spiro atoms. The molecule has 2 rings (SSSR count). The highest BCUT2D eigenvalue weighted by atomic mass is 32.2. The van der Waals surface area contributed by atoms with Crippen LogP contribution < -0.4 is 5.43 Å². The minimum Gasteiger partial charge on any atom is -0.477 e. The van der Waals surface area contributed by atoms with E-state index >= 15 is 0 Å². The second-order valence-corrected chi connectivity index (χ2v) is 5.71. The van der Waals surface area contributed by atoms with E-state index < -0.39 is 39.5 Å². The molecule has 0 amide bonds. The van der Waals surface area contributed by atoms with Gasteiger partial charge in [-0.25, -0.2) is 13.6 Å². The standard InChI is InChI=1S/C15H13F2NO5S/c1-3-18-5-8(15(21)22)13(20)7-4-9(16)14(11(17)12(7)18)24-6-10(19)23-2/h4-5H,3,6H2,1-2H3,(H,21,22). The van der Waals surface area contributed by atoms with Crippen molar-refractivity contribution < 1.29 is 28.2 Å². The highest BCUT2D eigenvalue weighted by molar-refractivity contribution is 8.00. The summed E-state index contributed by atoms with van der Waals surface area (Å²) >= 11 is 0.601. The van der Waals surface area contributed by atoms with E-state index in [0.717, 1.165) is 19.4 Å². The van der Waals surface area contributed by atoms with Crippen LogP contribution in [0, 0.1) is 11.6 Å². The first-order chi connectivity index (χ1) is 11.3. The van der Waals surface area contributed by atoms with E-state index in [1.165, 1.54) is 4.57 Å². The number of methoxy groups -OCH3 is 1. The van der Waals surface area contributed by atoms with Crippen molar-refractivity contribution in [2.45, 2.75) is 18.4 Å². The first kappa shape index (κ1) is 17.9. The third-order valence-corrected chi connectivity index (χ3v) is 4.39. The van der Waals surface area contributed by atoms with Crippen molar-refractivity contribution in [3.63, 3.8) is 0 Å². The Balaban J connectivity index is 2.75. The van der Waals surface area contributed by atoms with Crippen molar-refractivity contribution in [1.82, 2.24) is 4.57 Å². The number of hydrogen-bond acceptors (Lipinski definition) is 5. The van der Waals surface area contributed by atoms with Gasteiger partial charge in [-0.2, -0.15) is 0 Å². The average molecular weight is 357 g/mol. The Labute approximate surface area is 139 Å². The molecule has 0 atom stereocenters. The number of thioether (sulfide) groups is 1. The van der Waals surface area contributed by atoms with Gasteiger partial charge in [0.2, 0.25) is 5.43 Å². The highest BCUT2D eigenvalue weighted by Gasteiger charge is 2.22. The number of aromatic nitrogens is 1. The van der Waals surface area contributed by atoms with Gasteiger partial charge in [-0.3, -0.25) is 9.59 Å². The molecule has 1 aromatic carbocycles. The van der Waals surface area contributed by atoms with E-state index in [0.29, 0.717) is 11.8 Å². The van der Waals surface area contributed by atoms with Crippen LogP contribution in [0.1, 0.15) is 17.3 Å². The lowest BCUT2D eigenvalue weighted by Crippen LogP contribution is -2.20. The smallest absolute Gasteiger partial charge is 0.341 e. The number of esters is 1. The van der Waals surface area contributed by atoms with Crippen molar-refractivity contribution in [1.29, 1.82) is 0 Å². The van der Waals surface area contributed by atoms with E-state index in [-0.39, 0.29) is 23.2 Å². The third kappa shape index (κ3) is 3.12. The van der Waals surface area contributed by atoms with Crippen LogP contribution in [0.15, 0.2) is 22.0 Å². The van der Waals surface area contributed by atoms with Crippen LogP contribution in [0.25, 0.3) is 10.9 Å². The van der Waals surface area contributed by atoms with Gasteiger partial charge in [-0.1, -0.05) is 0 Å². The topological polar surface area (TPSA) is 85.6 Å². The van der Waals surface area contributed by atoms with Gasteiger partial charge in [-0.15, -0.1) is 11.8 Å². The van der Waals surface area contributed by atoms with Crippen LogP contribution in [0.4, 0.5) is 8.78 Å². The maximum Gasteiger partial charge on any atom is 0.341 e. The summed E-state index contributed by atoms with van der Waals surface area (Å²) in [5, 5.41) is 8.69. The second kappa shape index (κ2) is 7.00. The quantitative estimate of drug-likeness (QED) is 0.653. The normalized spacial score (nSPS) is 10.8. The Morgan fingerprint density at radius 1 is 1.38 bits per heavy atom. The van der Waals surface area contributed by atoms with E-state index in [2.05, 4.69) is 4.74 Å². The predicted molar refractivity (Wildman–Crippen MR) is 83.5 cm³/mol. The summed E-state index contributed by atoms with van der Waals surface area (Å²) in [6.07, 6.45) is 1.02. The number of pyridine rings is 1. The fourth-order valence-corrected chi connectivity index (χ4v) is 2.99. The SMILES string of the molecule is CCn1cc(C(=O)O)c(=O)c2cc(F)c(SCC(=O)OC)c(F)c21. The summed E-state index contributed by atoms with van der Waals surface area (Å²) in [5.74, 6) is -4.51. The Morgan fingerprint density at radius 2 is 2.04 bits per heavy atom. The van der Waals surface area contributed by atoms with Crippen LogP contribution in [0.2, 0.25) is 0 Å². The molecule has 0 fully saturated rings. The molecular weight excluding hydrogens is 344 g/mol. The molecule has 0 saturated heterocycles. The lowest BCUT2D eigenvalue weighted by atomic mass is 10.1. The number of benzene rings is 1. The third-order valence-electron chi connectivity index (χ3n) is 3.34. The maximum absolute atomic E-state index is 14.7. The summed E-state index contributed by atoms with van der Waals surface area (Å²) in [6.45, 7) is 1.79. The first-order valence-corrected chi connectivity index (χ1v) is 7.78. The van der Waals surface area contributed by atoms with Crippen molar-refractivity contribution in [3.8, 4) is 0 Å². The molecule has 2 aromatic rings. The number of ether oxygens (including phenoxy) is 1. The molecule has 128 valence electrons. The Kier molecular flexibility index (Phi) is 5.23. The van der Waals surface area contributed by atoms with Gasteiger partial charge in [0.1, 0.15) is 11.4 Å². The molecule has 1 N–H and O–H groups in total. The van der Waals surface area contributed by atoms with Crippen molar-refractivity contribution >= 4 is 34.6 Å². The zero-order valence-corrected chi connectivity index (χ0v) is 13.6. The number of carboxylic acid groups (broad SMARTS) is 1. The summed E-state index contributed by atoms with van der Waals surface area (Å²) < 4.78 is 34.5. The van der Waals surface area contributed by atoms with Crippen molar-refractivity contribution in [2.75, 3.05) is 12.9 Å². The first-order valence-electron chi connectivity index (χ1n) is 6.79. The molecule has 24 heavy (non-hydrogen) atoms. The van der Waals surface area contributed by atoms with Gasteiger partial charge >= 0.3 is 11.9 Å². The molecule has 0 saturated carbocycles. The number of halogens is 2. The number of rotatable bonds is 5. The molecule has 0 aliphatic heterocycles. The second-order valence-electron chi connectivity index (χ2n) is 4.73. The summed E-state index contributed by atoms with van der Waals surface area (Å²) in [6, 6.07) is 0.791.